The van der Waals surface area contributed by atoms with Crippen LogP contribution in [0.4, 0.5) is 0 Å². The predicted molar refractivity (Wildman–Crippen MR) is 73.1 cm³/mol. The zero-order valence-electron chi connectivity index (χ0n) is 9.77. The number of hydrogen-bond acceptors (Lipinski definition) is 2. The molecule has 1 aliphatic rings. The third-order valence-electron chi connectivity index (χ3n) is 3.36. The normalized spacial score (nSPS) is 17.0. The van der Waals surface area contributed by atoms with Gasteiger partial charge in [-0.15, -0.1) is 0 Å². The molecule has 1 aromatic carbocycles. The minimum absolute atomic E-state index is 0.992. The van der Waals surface area contributed by atoms with Crippen LogP contribution in [0.15, 0.2) is 28.9 Å². The fourth-order valence-electron chi connectivity index (χ4n) is 2.41. The monoisotopic (exact) mass is 293 g/mol. The van der Waals surface area contributed by atoms with E-state index in [0.717, 1.165) is 23.1 Å². The number of halogens is 1. The maximum atomic E-state index is 4.58. The topological polar surface area (TPSA) is 21.1 Å². The maximum Gasteiger partial charge on any atom is 0.0924 e. The lowest BCUT2D eigenvalue weighted by Gasteiger charge is -2.13. The molecule has 0 aliphatic carbocycles. The highest BCUT2D eigenvalue weighted by molar-refractivity contribution is 9.10. The van der Waals surface area contributed by atoms with Crippen LogP contribution in [0.1, 0.15) is 12.8 Å². The third kappa shape index (κ3) is 2.53. The number of rotatable bonds is 3. The van der Waals surface area contributed by atoms with Gasteiger partial charge in [-0.1, -0.05) is 15.9 Å². The molecular formula is C13H16BrN3. The van der Waals surface area contributed by atoms with Gasteiger partial charge in [-0.2, -0.15) is 5.10 Å². The highest BCUT2D eigenvalue weighted by Crippen LogP contribution is 2.18. The van der Waals surface area contributed by atoms with Crippen molar-refractivity contribution in [1.82, 2.24) is 14.7 Å². The van der Waals surface area contributed by atoms with E-state index in [1.54, 1.807) is 0 Å². The SMILES string of the molecule is Brc1ccc2nn(CCN3CCCC3)cc2c1. The number of benzene rings is 1. The van der Waals surface area contributed by atoms with Crippen molar-refractivity contribution in [2.24, 2.45) is 0 Å². The average molecular weight is 294 g/mol. The van der Waals surface area contributed by atoms with E-state index in [2.05, 4.69) is 48.9 Å². The Morgan fingerprint density at radius 2 is 2.00 bits per heavy atom. The van der Waals surface area contributed by atoms with Crippen LogP contribution in [-0.4, -0.2) is 34.3 Å². The summed E-state index contributed by atoms with van der Waals surface area (Å²) in [4.78, 5) is 2.52. The zero-order valence-corrected chi connectivity index (χ0v) is 11.4. The van der Waals surface area contributed by atoms with Crippen molar-refractivity contribution in [3.63, 3.8) is 0 Å². The fraction of sp³-hybridized carbons (Fsp3) is 0.462. The lowest BCUT2D eigenvalue weighted by molar-refractivity contribution is 0.316. The number of likely N-dealkylation sites (tertiary alicyclic amines) is 1. The quantitative estimate of drug-likeness (QED) is 0.868. The summed E-state index contributed by atoms with van der Waals surface area (Å²) in [6.45, 7) is 4.63. The second kappa shape index (κ2) is 4.78. The molecule has 1 fully saturated rings. The van der Waals surface area contributed by atoms with Gasteiger partial charge in [0.15, 0.2) is 0 Å². The van der Waals surface area contributed by atoms with E-state index in [0.29, 0.717) is 0 Å². The van der Waals surface area contributed by atoms with Crippen molar-refractivity contribution in [1.29, 1.82) is 0 Å². The van der Waals surface area contributed by atoms with Crippen molar-refractivity contribution in [3.05, 3.63) is 28.9 Å². The highest BCUT2D eigenvalue weighted by Gasteiger charge is 2.11. The van der Waals surface area contributed by atoms with Gasteiger partial charge in [0.1, 0.15) is 0 Å². The molecule has 0 atom stereocenters. The van der Waals surface area contributed by atoms with Gasteiger partial charge >= 0.3 is 0 Å². The van der Waals surface area contributed by atoms with Gasteiger partial charge in [-0.05, 0) is 44.1 Å². The molecule has 1 aliphatic heterocycles. The van der Waals surface area contributed by atoms with Crippen LogP contribution in [0.2, 0.25) is 0 Å². The second-order valence-electron chi connectivity index (χ2n) is 4.64. The summed E-state index contributed by atoms with van der Waals surface area (Å²) in [5, 5.41) is 5.79. The number of aromatic nitrogens is 2. The van der Waals surface area contributed by atoms with Crippen molar-refractivity contribution in [3.8, 4) is 0 Å². The summed E-state index contributed by atoms with van der Waals surface area (Å²) in [5.74, 6) is 0. The molecule has 2 heterocycles. The molecule has 3 nitrogen and oxygen atoms in total. The average Bonchev–Trinajstić information content (AvgIpc) is 2.94. The van der Waals surface area contributed by atoms with E-state index < -0.39 is 0 Å². The van der Waals surface area contributed by atoms with E-state index in [1.807, 2.05) is 6.07 Å². The summed E-state index contributed by atoms with van der Waals surface area (Å²) in [6.07, 6.45) is 4.85. The van der Waals surface area contributed by atoms with E-state index in [4.69, 9.17) is 0 Å². The summed E-state index contributed by atoms with van der Waals surface area (Å²) < 4.78 is 3.18. The predicted octanol–water partition coefficient (Wildman–Crippen LogP) is 2.89. The minimum Gasteiger partial charge on any atom is -0.301 e. The zero-order chi connectivity index (χ0) is 11.7. The fourth-order valence-corrected chi connectivity index (χ4v) is 2.79. The van der Waals surface area contributed by atoms with Gasteiger partial charge in [0.05, 0.1) is 12.1 Å². The highest BCUT2D eigenvalue weighted by atomic mass is 79.9. The van der Waals surface area contributed by atoms with Crippen LogP contribution >= 0.6 is 15.9 Å². The smallest absolute Gasteiger partial charge is 0.0924 e. The van der Waals surface area contributed by atoms with Crippen LogP contribution < -0.4 is 0 Å². The molecule has 1 aromatic heterocycles. The Balaban J connectivity index is 1.72. The van der Waals surface area contributed by atoms with Gasteiger partial charge in [0.25, 0.3) is 0 Å². The van der Waals surface area contributed by atoms with Crippen molar-refractivity contribution in [2.75, 3.05) is 19.6 Å². The first kappa shape index (κ1) is 11.2. The largest absolute Gasteiger partial charge is 0.301 e. The van der Waals surface area contributed by atoms with Gasteiger partial charge in [-0.3, -0.25) is 4.68 Å². The molecule has 0 amide bonds. The lowest BCUT2D eigenvalue weighted by Crippen LogP contribution is -2.24. The van der Waals surface area contributed by atoms with Crippen LogP contribution in [0.25, 0.3) is 10.9 Å². The Labute approximate surface area is 110 Å². The molecular weight excluding hydrogens is 278 g/mol. The molecule has 0 bridgehead atoms. The van der Waals surface area contributed by atoms with Crippen molar-refractivity contribution in [2.45, 2.75) is 19.4 Å². The number of fused-ring (bicyclic) bond motifs is 1. The summed E-state index contributed by atoms with van der Waals surface area (Å²) in [7, 11) is 0. The van der Waals surface area contributed by atoms with Crippen LogP contribution in [-0.2, 0) is 6.54 Å². The van der Waals surface area contributed by atoms with Gasteiger partial charge in [0.2, 0.25) is 0 Å². The summed E-state index contributed by atoms with van der Waals surface area (Å²) >= 11 is 3.49. The van der Waals surface area contributed by atoms with E-state index in [-0.39, 0.29) is 0 Å². The van der Waals surface area contributed by atoms with Crippen LogP contribution in [0, 0.1) is 0 Å². The van der Waals surface area contributed by atoms with Gasteiger partial charge in [-0.25, -0.2) is 0 Å². The van der Waals surface area contributed by atoms with Crippen LogP contribution in [0.5, 0.6) is 0 Å². The molecule has 0 spiro atoms. The molecule has 90 valence electrons. The molecule has 0 radical (unpaired) electrons. The molecule has 2 aromatic rings. The molecule has 0 unspecified atom stereocenters. The maximum absolute atomic E-state index is 4.58. The minimum atomic E-state index is 0.992. The standard InChI is InChI=1S/C13H16BrN3/c14-12-3-4-13-11(9-12)10-17(15-13)8-7-16-5-1-2-6-16/h3-4,9-10H,1-2,5-8H2. The van der Waals surface area contributed by atoms with Crippen molar-refractivity contribution < 1.29 is 0 Å². The molecule has 3 rings (SSSR count). The first-order valence-corrected chi connectivity index (χ1v) is 6.96. The Kier molecular flexibility index (Phi) is 3.16. The lowest BCUT2D eigenvalue weighted by atomic mass is 10.3. The molecule has 0 saturated carbocycles. The molecule has 4 heteroatoms. The molecule has 1 saturated heterocycles. The Bertz CT molecular complexity index is 514. The summed E-state index contributed by atoms with van der Waals surface area (Å²) in [6, 6.07) is 6.22. The Morgan fingerprint density at radius 3 is 2.82 bits per heavy atom. The summed E-state index contributed by atoms with van der Waals surface area (Å²) in [5.41, 5.74) is 1.08. The van der Waals surface area contributed by atoms with Crippen molar-refractivity contribution >= 4 is 26.8 Å². The Hall–Kier alpha value is -0.870. The molecule has 17 heavy (non-hydrogen) atoms. The second-order valence-corrected chi connectivity index (χ2v) is 5.56. The Morgan fingerprint density at radius 1 is 1.18 bits per heavy atom. The van der Waals surface area contributed by atoms with E-state index in [9.17, 15) is 0 Å². The molecule has 0 N–H and O–H groups in total. The third-order valence-corrected chi connectivity index (χ3v) is 3.85. The first-order valence-electron chi connectivity index (χ1n) is 6.16. The number of hydrogen-bond donors (Lipinski definition) is 0. The number of nitrogens with zero attached hydrogens (tertiary/aromatic N) is 3. The van der Waals surface area contributed by atoms with Gasteiger partial charge in [0, 0.05) is 22.6 Å². The van der Waals surface area contributed by atoms with E-state index >= 15 is 0 Å². The first-order chi connectivity index (χ1) is 8.31. The van der Waals surface area contributed by atoms with Gasteiger partial charge < -0.3 is 4.90 Å². The van der Waals surface area contributed by atoms with E-state index in [1.165, 1.54) is 31.3 Å². The van der Waals surface area contributed by atoms with Crippen LogP contribution in [0.3, 0.4) is 0 Å².